The highest BCUT2D eigenvalue weighted by Crippen LogP contribution is 2.24. The van der Waals surface area contributed by atoms with Crippen molar-refractivity contribution in [3.8, 4) is 11.3 Å². The van der Waals surface area contributed by atoms with Gasteiger partial charge in [0, 0.05) is 29.9 Å². The summed E-state index contributed by atoms with van der Waals surface area (Å²) in [7, 11) is 1.94. The van der Waals surface area contributed by atoms with Crippen molar-refractivity contribution >= 4 is 16.6 Å². The van der Waals surface area contributed by atoms with Gasteiger partial charge in [-0.2, -0.15) is 0 Å². The molecule has 0 bridgehead atoms. The highest BCUT2D eigenvalue weighted by atomic mass is 19.1. The fraction of sp³-hybridized carbons (Fsp3) is 0.278. The van der Waals surface area contributed by atoms with E-state index in [-0.39, 0.29) is 6.42 Å². The van der Waals surface area contributed by atoms with Gasteiger partial charge in [-0.25, -0.2) is 9.37 Å². The number of nitrogens with zero attached hydrogens (tertiary/aromatic N) is 3. The molecular formula is C18H18FN3O. The maximum Gasteiger partial charge on any atom is 0.175 e. The monoisotopic (exact) mass is 311 g/mol. The Bertz CT molecular complexity index is 877. The van der Waals surface area contributed by atoms with Crippen molar-refractivity contribution in [3.63, 3.8) is 0 Å². The first-order valence-corrected chi connectivity index (χ1v) is 7.42. The molecule has 1 aromatic carbocycles. The summed E-state index contributed by atoms with van der Waals surface area (Å²) in [6.07, 6.45) is 5.27. The minimum atomic E-state index is -1.84. The number of ketones is 1. The van der Waals surface area contributed by atoms with Gasteiger partial charge in [-0.1, -0.05) is 12.1 Å². The SMILES string of the molecule is Cn1cncc1-c1ccc2cnc(CC(=O)C(C)(C)F)cc2c1. The number of pyridine rings is 1. The van der Waals surface area contributed by atoms with E-state index >= 15 is 0 Å². The summed E-state index contributed by atoms with van der Waals surface area (Å²) in [4.78, 5) is 20.2. The van der Waals surface area contributed by atoms with E-state index in [0.29, 0.717) is 5.69 Å². The van der Waals surface area contributed by atoms with E-state index in [1.54, 1.807) is 18.7 Å². The maximum atomic E-state index is 13.7. The van der Waals surface area contributed by atoms with Crippen molar-refractivity contribution < 1.29 is 9.18 Å². The van der Waals surface area contributed by atoms with Crippen molar-refractivity contribution in [2.24, 2.45) is 7.05 Å². The lowest BCUT2D eigenvalue weighted by Gasteiger charge is -2.12. The molecule has 0 unspecified atom stereocenters. The Hall–Kier alpha value is -2.56. The van der Waals surface area contributed by atoms with Crippen LogP contribution in [-0.2, 0) is 18.3 Å². The first-order valence-electron chi connectivity index (χ1n) is 7.42. The zero-order valence-corrected chi connectivity index (χ0v) is 13.4. The van der Waals surface area contributed by atoms with Gasteiger partial charge in [-0.15, -0.1) is 0 Å². The number of Topliss-reactive ketones (excluding diaryl/α,β-unsaturated/α-hetero) is 1. The summed E-state index contributed by atoms with van der Waals surface area (Å²) in [5.74, 6) is -0.466. The van der Waals surface area contributed by atoms with E-state index in [4.69, 9.17) is 0 Å². The molecule has 0 N–H and O–H groups in total. The second-order valence-corrected chi connectivity index (χ2v) is 6.20. The third-order valence-electron chi connectivity index (χ3n) is 3.90. The number of hydrogen-bond acceptors (Lipinski definition) is 3. The predicted octanol–water partition coefficient (Wildman–Crippen LogP) is 3.50. The van der Waals surface area contributed by atoms with Gasteiger partial charge < -0.3 is 4.57 Å². The number of carbonyl (C=O) groups excluding carboxylic acids is 1. The van der Waals surface area contributed by atoms with Crippen LogP contribution in [0.4, 0.5) is 4.39 Å². The second kappa shape index (κ2) is 5.57. The Labute approximate surface area is 134 Å². The molecule has 23 heavy (non-hydrogen) atoms. The molecule has 0 saturated carbocycles. The molecule has 0 aliphatic rings. The van der Waals surface area contributed by atoms with E-state index in [2.05, 4.69) is 9.97 Å². The molecule has 0 aliphatic carbocycles. The van der Waals surface area contributed by atoms with Crippen LogP contribution in [0.5, 0.6) is 0 Å². The number of aromatic nitrogens is 3. The molecule has 0 saturated heterocycles. The number of aryl methyl sites for hydroxylation is 1. The smallest absolute Gasteiger partial charge is 0.175 e. The molecule has 3 aromatic rings. The number of hydrogen-bond donors (Lipinski definition) is 0. The summed E-state index contributed by atoms with van der Waals surface area (Å²) < 4.78 is 15.6. The molecule has 3 rings (SSSR count). The largest absolute Gasteiger partial charge is 0.334 e. The molecule has 0 spiro atoms. The normalized spacial score (nSPS) is 11.8. The van der Waals surface area contributed by atoms with Crippen LogP contribution < -0.4 is 0 Å². The molecule has 118 valence electrons. The first kappa shape index (κ1) is 15.3. The van der Waals surface area contributed by atoms with Crippen molar-refractivity contribution in [2.45, 2.75) is 25.9 Å². The molecule has 0 fully saturated rings. The number of rotatable bonds is 4. The van der Waals surface area contributed by atoms with Crippen LogP contribution in [0.1, 0.15) is 19.5 Å². The zero-order valence-electron chi connectivity index (χ0n) is 13.4. The number of alkyl halides is 1. The number of carbonyl (C=O) groups is 1. The van der Waals surface area contributed by atoms with Gasteiger partial charge in [-0.05, 0) is 31.4 Å². The van der Waals surface area contributed by atoms with Crippen molar-refractivity contribution in [2.75, 3.05) is 0 Å². The van der Waals surface area contributed by atoms with Gasteiger partial charge in [0.25, 0.3) is 0 Å². The lowest BCUT2D eigenvalue weighted by molar-refractivity contribution is -0.127. The minimum absolute atomic E-state index is 0.00459. The molecule has 0 atom stereocenters. The zero-order chi connectivity index (χ0) is 16.6. The Morgan fingerprint density at radius 1 is 1.22 bits per heavy atom. The van der Waals surface area contributed by atoms with Crippen LogP contribution >= 0.6 is 0 Å². The standard InChI is InChI=1S/C18H18FN3O/c1-18(2,19)17(23)8-15-7-14-6-12(4-5-13(14)9-21-15)16-10-20-11-22(16)3/h4-7,9-11H,8H2,1-3H3. The minimum Gasteiger partial charge on any atom is -0.334 e. The number of imidazole rings is 1. The predicted molar refractivity (Wildman–Crippen MR) is 87.8 cm³/mol. The lowest BCUT2D eigenvalue weighted by atomic mass is 10.00. The molecule has 5 heteroatoms. The van der Waals surface area contributed by atoms with Crippen molar-refractivity contribution in [1.82, 2.24) is 14.5 Å². The van der Waals surface area contributed by atoms with Gasteiger partial charge in [0.05, 0.1) is 24.6 Å². The van der Waals surface area contributed by atoms with Crippen molar-refractivity contribution in [3.05, 3.63) is 48.7 Å². The molecular weight excluding hydrogens is 293 g/mol. The van der Waals surface area contributed by atoms with Gasteiger partial charge >= 0.3 is 0 Å². The van der Waals surface area contributed by atoms with E-state index in [1.807, 2.05) is 35.9 Å². The van der Waals surface area contributed by atoms with Crippen molar-refractivity contribution in [1.29, 1.82) is 0 Å². The van der Waals surface area contributed by atoms with Crippen LogP contribution in [0, 0.1) is 0 Å². The number of halogens is 1. The first-order chi connectivity index (χ1) is 10.8. The van der Waals surface area contributed by atoms with E-state index in [1.165, 1.54) is 13.8 Å². The van der Waals surface area contributed by atoms with Gasteiger partial charge in [0.1, 0.15) is 0 Å². The van der Waals surface area contributed by atoms with E-state index < -0.39 is 11.5 Å². The third kappa shape index (κ3) is 3.13. The lowest BCUT2D eigenvalue weighted by Crippen LogP contribution is -2.27. The molecule has 0 amide bonds. The fourth-order valence-electron chi connectivity index (χ4n) is 2.45. The molecule has 0 aliphatic heterocycles. The number of fused-ring (bicyclic) bond motifs is 1. The van der Waals surface area contributed by atoms with Crippen LogP contribution in [-0.4, -0.2) is 26.0 Å². The summed E-state index contributed by atoms with van der Waals surface area (Å²) in [5, 5.41) is 1.95. The topological polar surface area (TPSA) is 47.8 Å². The van der Waals surface area contributed by atoms with Crippen LogP contribution in [0.15, 0.2) is 43.0 Å². The molecule has 0 radical (unpaired) electrons. The second-order valence-electron chi connectivity index (χ2n) is 6.20. The van der Waals surface area contributed by atoms with E-state index in [9.17, 15) is 9.18 Å². The number of benzene rings is 1. The quantitative estimate of drug-likeness (QED) is 0.741. The van der Waals surface area contributed by atoms with Crippen LogP contribution in [0.3, 0.4) is 0 Å². The fourth-order valence-corrected chi connectivity index (χ4v) is 2.45. The van der Waals surface area contributed by atoms with Gasteiger partial charge in [0.15, 0.2) is 11.5 Å². The van der Waals surface area contributed by atoms with E-state index in [0.717, 1.165) is 22.0 Å². The molecule has 4 nitrogen and oxygen atoms in total. The maximum absolute atomic E-state index is 13.7. The highest BCUT2D eigenvalue weighted by molar-refractivity contribution is 5.90. The molecule has 2 aromatic heterocycles. The summed E-state index contributed by atoms with van der Waals surface area (Å²) >= 11 is 0. The van der Waals surface area contributed by atoms with Crippen LogP contribution in [0.2, 0.25) is 0 Å². The Kier molecular flexibility index (Phi) is 3.72. The van der Waals surface area contributed by atoms with Gasteiger partial charge in [0.2, 0.25) is 0 Å². The molecule has 2 heterocycles. The summed E-state index contributed by atoms with van der Waals surface area (Å²) in [5.41, 5.74) is 0.779. The third-order valence-corrected chi connectivity index (χ3v) is 3.90. The highest BCUT2D eigenvalue weighted by Gasteiger charge is 2.26. The summed E-state index contributed by atoms with van der Waals surface area (Å²) in [6, 6.07) is 7.87. The Morgan fingerprint density at radius 2 is 2.00 bits per heavy atom. The van der Waals surface area contributed by atoms with Crippen LogP contribution in [0.25, 0.3) is 22.0 Å². The summed E-state index contributed by atoms with van der Waals surface area (Å²) in [6.45, 7) is 2.55. The van der Waals surface area contributed by atoms with Gasteiger partial charge in [-0.3, -0.25) is 9.78 Å². The Balaban J connectivity index is 1.98. The average Bonchev–Trinajstić information content (AvgIpc) is 2.91. The Morgan fingerprint density at radius 3 is 2.65 bits per heavy atom. The average molecular weight is 311 g/mol.